The summed E-state index contributed by atoms with van der Waals surface area (Å²) >= 11 is 6.00. The van der Waals surface area contributed by atoms with E-state index in [0.29, 0.717) is 29.3 Å². The van der Waals surface area contributed by atoms with Gasteiger partial charge in [-0.25, -0.2) is 9.78 Å². The van der Waals surface area contributed by atoms with Gasteiger partial charge in [0.2, 0.25) is 5.89 Å². The molecule has 1 aliphatic carbocycles. The Kier molecular flexibility index (Phi) is 5.41. The van der Waals surface area contributed by atoms with Crippen molar-refractivity contribution in [3.05, 3.63) is 40.7 Å². The highest BCUT2D eigenvalue weighted by molar-refractivity contribution is 6.30. The quantitative estimate of drug-likeness (QED) is 0.859. The summed E-state index contributed by atoms with van der Waals surface area (Å²) in [7, 11) is 0. The maximum absolute atomic E-state index is 12.0. The van der Waals surface area contributed by atoms with Crippen molar-refractivity contribution in [2.75, 3.05) is 0 Å². The van der Waals surface area contributed by atoms with E-state index in [1.165, 1.54) is 19.3 Å². The van der Waals surface area contributed by atoms with Gasteiger partial charge in [-0.3, -0.25) is 0 Å². The van der Waals surface area contributed by atoms with E-state index in [9.17, 15) is 4.79 Å². The summed E-state index contributed by atoms with van der Waals surface area (Å²) in [5.74, 6) is 1.21. The number of urea groups is 1. The molecule has 1 saturated carbocycles. The molecule has 1 aromatic heterocycles. The molecular formula is C18H22ClN3O2. The van der Waals surface area contributed by atoms with Gasteiger partial charge in [0.1, 0.15) is 11.5 Å². The van der Waals surface area contributed by atoms with Crippen LogP contribution in [0.2, 0.25) is 5.02 Å². The van der Waals surface area contributed by atoms with Crippen LogP contribution in [-0.4, -0.2) is 17.1 Å². The van der Waals surface area contributed by atoms with E-state index >= 15 is 0 Å². The summed E-state index contributed by atoms with van der Waals surface area (Å²) < 4.78 is 5.70. The number of nitrogens with one attached hydrogen (secondary N) is 2. The maximum atomic E-state index is 12.0. The Morgan fingerprint density at radius 3 is 2.88 bits per heavy atom. The van der Waals surface area contributed by atoms with Crippen molar-refractivity contribution in [1.82, 2.24) is 15.6 Å². The fourth-order valence-corrected chi connectivity index (χ4v) is 3.17. The van der Waals surface area contributed by atoms with Crippen molar-refractivity contribution in [1.29, 1.82) is 0 Å². The van der Waals surface area contributed by atoms with Crippen molar-refractivity contribution in [3.8, 4) is 11.5 Å². The van der Waals surface area contributed by atoms with Gasteiger partial charge < -0.3 is 15.1 Å². The third-order valence-electron chi connectivity index (χ3n) is 4.32. The number of halogens is 1. The Morgan fingerprint density at radius 1 is 1.33 bits per heavy atom. The SMILES string of the molecule is Cc1oc(-c2cccc(Cl)c2)nc1CNC(=O)NC1CCCCC1. The van der Waals surface area contributed by atoms with E-state index in [2.05, 4.69) is 15.6 Å². The van der Waals surface area contributed by atoms with Gasteiger partial charge in [0.25, 0.3) is 0 Å². The number of aryl methyl sites for hydroxylation is 1. The van der Waals surface area contributed by atoms with Gasteiger partial charge >= 0.3 is 6.03 Å². The van der Waals surface area contributed by atoms with Gasteiger partial charge in [0.05, 0.1) is 6.54 Å². The number of oxazole rings is 1. The Morgan fingerprint density at radius 2 is 2.12 bits per heavy atom. The van der Waals surface area contributed by atoms with Gasteiger partial charge in [-0.2, -0.15) is 0 Å². The fourth-order valence-electron chi connectivity index (χ4n) is 2.98. The Balaban J connectivity index is 1.58. The van der Waals surface area contributed by atoms with Crippen molar-refractivity contribution in [2.24, 2.45) is 0 Å². The molecule has 1 aromatic carbocycles. The zero-order valence-electron chi connectivity index (χ0n) is 13.8. The Hall–Kier alpha value is -2.01. The van der Waals surface area contributed by atoms with Crippen LogP contribution in [-0.2, 0) is 6.54 Å². The van der Waals surface area contributed by atoms with Crippen LogP contribution in [0.4, 0.5) is 4.79 Å². The normalized spacial score (nSPS) is 15.2. The van der Waals surface area contributed by atoms with Gasteiger partial charge in [0.15, 0.2) is 0 Å². The molecule has 0 saturated heterocycles. The molecule has 5 nitrogen and oxygen atoms in total. The number of hydrogen-bond acceptors (Lipinski definition) is 3. The molecule has 0 atom stereocenters. The van der Waals surface area contributed by atoms with Gasteiger partial charge in [0, 0.05) is 16.6 Å². The second-order valence-electron chi connectivity index (χ2n) is 6.19. The van der Waals surface area contributed by atoms with Crippen LogP contribution < -0.4 is 10.6 Å². The number of aromatic nitrogens is 1. The molecule has 2 aromatic rings. The lowest BCUT2D eigenvalue weighted by atomic mass is 9.96. The lowest BCUT2D eigenvalue weighted by molar-refractivity contribution is 0.232. The second kappa shape index (κ2) is 7.71. The first kappa shape index (κ1) is 16.8. The average molecular weight is 348 g/mol. The highest BCUT2D eigenvalue weighted by Gasteiger charge is 2.17. The molecule has 0 spiro atoms. The van der Waals surface area contributed by atoms with Gasteiger partial charge in [-0.15, -0.1) is 0 Å². The molecule has 0 aliphatic heterocycles. The third-order valence-corrected chi connectivity index (χ3v) is 4.56. The summed E-state index contributed by atoms with van der Waals surface area (Å²) in [5.41, 5.74) is 1.55. The molecule has 3 rings (SSSR count). The summed E-state index contributed by atoms with van der Waals surface area (Å²) in [4.78, 5) is 16.5. The maximum Gasteiger partial charge on any atom is 0.315 e. The molecule has 2 N–H and O–H groups in total. The van der Waals surface area contributed by atoms with E-state index in [1.807, 2.05) is 19.1 Å². The highest BCUT2D eigenvalue weighted by atomic mass is 35.5. The highest BCUT2D eigenvalue weighted by Crippen LogP contribution is 2.24. The Bertz CT molecular complexity index is 708. The molecular weight excluding hydrogens is 326 g/mol. The van der Waals surface area contributed by atoms with E-state index in [4.69, 9.17) is 16.0 Å². The standard InChI is InChI=1S/C18H22ClN3O2/c1-12-16(11-20-18(23)21-15-8-3-2-4-9-15)22-17(24-12)13-6-5-7-14(19)10-13/h5-7,10,15H,2-4,8-9,11H2,1H3,(H2,20,21,23). The number of amides is 2. The first-order valence-electron chi connectivity index (χ1n) is 8.38. The van der Waals surface area contributed by atoms with Crippen molar-refractivity contribution < 1.29 is 9.21 Å². The summed E-state index contributed by atoms with van der Waals surface area (Å²) in [5, 5.41) is 6.53. The van der Waals surface area contributed by atoms with Gasteiger partial charge in [-0.05, 0) is 38.0 Å². The molecule has 1 aliphatic rings. The predicted octanol–water partition coefficient (Wildman–Crippen LogP) is 4.44. The lowest BCUT2D eigenvalue weighted by Crippen LogP contribution is -2.42. The second-order valence-corrected chi connectivity index (χ2v) is 6.63. The molecule has 0 bridgehead atoms. The van der Waals surface area contributed by atoms with Crippen LogP contribution in [0.25, 0.3) is 11.5 Å². The first-order chi connectivity index (χ1) is 11.6. The number of rotatable bonds is 4. The van der Waals surface area contributed by atoms with Crippen molar-refractivity contribution in [2.45, 2.75) is 51.6 Å². The summed E-state index contributed by atoms with van der Waals surface area (Å²) in [6.07, 6.45) is 5.78. The first-order valence-corrected chi connectivity index (χ1v) is 8.76. The van der Waals surface area contributed by atoms with E-state index in [1.54, 1.807) is 12.1 Å². The van der Waals surface area contributed by atoms with Crippen LogP contribution >= 0.6 is 11.6 Å². The minimum atomic E-state index is -0.145. The molecule has 1 heterocycles. The number of carbonyl (C=O) groups excluding carboxylic acids is 1. The zero-order valence-corrected chi connectivity index (χ0v) is 14.5. The van der Waals surface area contributed by atoms with Crippen LogP contribution in [0.3, 0.4) is 0 Å². The minimum absolute atomic E-state index is 0.145. The van der Waals surface area contributed by atoms with Crippen LogP contribution in [0.15, 0.2) is 28.7 Å². The summed E-state index contributed by atoms with van der Waals surface area (Å²) in [6, 6.07) is 7.50. The van der Waals surface area contributed by atoms with Crippen molar-refractivity contribution >= 4 is 17.6 Å². The van der Waals surface area contributed by atoms with E-state index < -0.39 is 0 Å². The van der Waals surface area contributed by atoms with Crippen LogP contribution in [0.1, 0.15) is 43.6 Å². The Labute approximate surface area is 146 Å². The predicted molar refractivity (Wildman–Crippen MR) is 93.9 cm³/mol. The van der Waals surface area contributed by atoms with E-state index in [-0.39, 0.29) is 6.03 Å². The number of hydrogen-bond donors (Lipinski definition) is 2. The summed E-state index contributed by atoms with van der Waals surface area (Å²) in [6.45, 7) is 2.19. The monoisotopic (exact) mass is 347 g/mol. The largest absolute Gasteiger partial charge is 0.441 e. The third kappa shape index (κ3) is 4.29. The van der Waals surface area contributed by atoms with E-state index in [0.717, 1.165) is 24.1 Å². The number of carbonyl (C=O) groups is 1. The fraction of sp³-hybridized carbons (Fsp3) is 0.444. The van der Waals surface area contributed by atoms with Crippen LogP contribution in [0.5, 0.6) is 0 Å². The van der Waals surface area contributed by atoms with Crippen LogP contribution in [0, 0.1) is 6.92 Å². The molecule has 0 radical (unpaired) electrons. The van der Waals surface area contributed by atoms with Gasteiger partial charge in [-0.1, -0.05) is 36.9 Å². The number of benzene rings is 1. The average Bonchev–Trinajstić information content (AvgIpc) is 2.95. The molecule has 128 valence electrons. The van der Waals surface area contributed by atoms with Crippen molar-refractivity contribution in [3.63, 3.8) is 0 Å². The molecule has 1 fully saturated rings. The molecule has 6 heteroatoms. The zero-order chi connectivity index (χ0) is 16.9. The lowest BCUT2D eigenvalue weighted by Gasteiger charge is -2.22. The molecule has 24 heavy (non-hydrogen) atoms. The topological polar surface area (TPSA) is 67.2 Å². The molecule has 2 amide bonds. The number of nitrogens with zero attached hydrogens (tertiary/aromatic N) is 1. The smallest absolute Gasteiger partial charge is 0.315 e. The molecule has 0 unspecified atom stereocenters. The minimum Gasteiger partial charge on any atom is -0.441 e.